The van der Waals surface area contributed by atoms with Crippen LogP contribution >= 0.6 is 23.4 Å². The summed E-state index contributed by atoms with van der Waals surface area (Å²) in [6, 6.07) is 12.5. The van der Waals surface area contributed by atoms with Gasteiger partial charge in [-0.2, -0.15) is 13.2 Å². The minimum Gasteiger partial charge on any atom is -0.322 e. The highest BCUT2D eigenvalue weighted by atomic mass is 35.5. The lowest BCUT2D eigenvalue weighted by atomic mass is 10.1. The maximum atomic E-state index is 13.3. The second-order valence-electron chi connectivity index (χ2n) is 8.41. The summed E-state index contributed by atoms with van der Waals surface area (Å²) in [7, 11) is 0. The Kier molecular flexibility index (Phi) is 7.72. The Morgan fingerprint density at radius 3 is 2.52 bits per heavy atom. The zero-order valence-electron chi connectivity index (χ0n) is 18.2. The summed E-state index contributed by atoms with van der Waals surface area (Å²) in [5, 5.41) is 0.332. The maximum absolute atomic E-state index is 13.3. The molecule has 0 bridgehead atoms. The summed E-state index contributed by atoms with van der Waals surface area (Å²) >= 11 is 7.57. The van der Waals surface area contributed by atoms with Crippen LogP contribution < -0.4 is 0 Å². The molecule has 2 saturated heterocycles. The lowest BCUT2D eigenvalue weighted by molar-refractivity contribution is -0.137. The number of alkyl halides is 3. The quantitative estimate of drug-likeness (QED) is 0.410. The number of carbonyl (C=O) groups excluding carboxylic acids is 1. The van der Waals surface area contributed by atoms with Gasteiger partial charge in [-0.1, -0.05) is 54.0 Å². The number of likely N-dealkylation sites (tertiary alicyclic amines) is 1. The van der Waals surface area contributed by atoms with Crippen LogP contribution in [0.5, 0.6) is 0 Å². The molecule has 2 aromatic rings. The number of halogens is 4. The average molecular weight is 495 g/mol. The highest BCUT2D eigenvalue weighted by molar-refractivity contribution is 8.04. The van der Waals surface area contributed by atoms with Crippen molar-refractivity contribution in [2.45, 2.75) is 37.2 Å². The molecule has 2 fully saturated rings. The monoisotopic (exact) mass is 494 g/mol. The van der Waals surface area contributed by atoms with Gasteiger partial charge in [-0.3, -0.25) is 4.79 Å². The number of rotatable bonds is 6. The Bertz CT molecular complexity index is 1020. The first-order valence-electron chi connectivity index (χ1n) is 11.2. The third-order valence-corrected chi connectivity index (χ3v) is 7.49. The Hall–Kier alpha value is -1.96. The van der Waals surface area contributed by atoms with Crippen LogP contribution in [-0.4, -0.2) is 41.9 Å². The van der Waals surface area contributed by atoms with Crippen LogP contribution in [0.25, 0.3) is 6.08 Å². The van der Waals surface area contributed by atoms with Gasteiger partial charge in [0.05, 0.1) is 10.5 Å². The van der Waals surface area contributed by atoms with Gasteiger partial charge in [-0.05, 0) is 80.4 Å². The van der Waals surface area contributed by atoms with Crippen molar-refractivity contribution in [2.24, 2.45) is 0 Å². The van der Waals surface area contributed by atoms with Gasteiger partial charge in [0.1, 0.15) is 5.37 Å². The number of nitrogens with zero attached hydrogens (tertiary/aromatic N) is 2. The number of piperidine rings is 1. The Morgan fingerprint density at radius 2 is 1.79 bits per heavy atom. The van der Waals surface area contributed by atoms with Gasteiger partial charge in [0.2, 0.25) is 0 Å². The second-order valence-corrected chi connectivity index (χ2v) is 9.97. The molecule has 4 rings (SSSR count). The SMILES string of the molecule is O=C1C(=Cc2cccc(C(F)(F)F)c2)SC(c2cccc(Cl)c2)N1CCCN1CCCCC1. The first-order chi connectivity index (χ1) is 15.8. The van der Waals surface area contributed by atoms with Crippen LogP contribution in [0.2, 0.25) is 5.02 Å². The third kappa shape index (κ3) is 6.14. The van der Waals surface area contributed by atoms with Gasteiger partial charge in [0, 0.05) is 11.6 Å². The van der Waals surface area contributed by atoms with Gasteiger partial charge >= 0.3 is 6.18 Å². The van der Waals surface area contributed by atoms with Crippen molar-refractivity contribution in [3.8, 4) is 0 Å². The minimum atomic E-state index is -4.43. The molecule has 2 aliphatic rings. The smallest absolute Gasteiger partial charge is 0.322 e. The normalized spacial score (nSPS) is 21.2. The molecule has 3 nitrogen and oxygen atoms in total. The predicted octanol–water partition coefficient (Wildman–Crippen LogP) is 6.85. The molecule has 176 valence electrons. The Morgan fingerprint density at radius 1 is 1.03 bits per heavy atom. The van der Waals surface area contributed by atoms with Crippen molar-refractivity contribution >= 4 is 35.3 Å². The van der Waals surface area contributed by atoms with E-state index >= 15 is 0 Å². The highest BCUT2D eigenvalue weighted by Crippen LogP contribution is 2.46. The fraction of sp³-hybridized carbons (Fsp3) is 0.400. The number of hydrogen-bond acceptors (Lipinski definition) is 3. The molecule has 1 atom stereocenters. The van der Waals surface area contributed by atoms with Crippen LogP contribution in [0.4, 0.5) is 13.2 Å². The standard InChI is InChI=1S/C25H26ClF3N2OS/c26-21-10-5-8-19(17-21)24-31(14-6-13-30-11-2-1-3-12-30)23(32)22(33-24)16-18-7-4-9-20(15-18)25(27,28)29/h4-5,7-10,15-17,24H,1-3,6,11-14H2. The Balaban J connectivity index is 1.55. The average Bonchev–Trinajstić information content (AvgIpc) is 3.09. The number of hydrogen-bond donors (Lipinski definition) is 0. The summed E-state index contributed by atoms with van der Waals surface area (Å²) in [5.74, 6) is -0.152. The van der Waals surface area contributed by atoms with E-state index in [1.165, 1.54) is 37.1 Å². The molecule has 1 unspecified atom stereocenters. The van der Waals surface area contributed by atoms with Crippen LogP contribution in [0.1, 0.15) is 47.7 Å². The molecule has 2 aliphatic heterocycles. The van der Waals surface area contributed by atoms with E-state index < -0.39 is 11.7 Å². The topological polar surface area (TPSA) is 23.6 Å². The summed E-state index contributed by atoms with van der Waals surface area (Å²) in [5.41, 5.74) is 0.545. The predicted molar refractivity (Wildman–Crippen MR) is 128 cm³/mol. The molecular weight excluding hydrogens is 469 g/mol. The van der Waals surface area contributed by atoms with E-state index in [9.17, 15) is 18.0 Å². The number of benzene rings is 2. The minimum absolute atomic E-state index is 0.152. The lowest BCUT2D eigenvalue weighted by Gasteiger charge is -2.28. The van der Waals surface area contributed by atoms with Crippen molar-refractivity contribution in [1.82, 2.24) is 9.80 Å². The van der Waals surface area contributed by atoms with E-state index in [0.717, 1.165) is 43.8 Å². The van der Waals surface area contributed by atoms with E-state index in [2.05, 4.69) is 4.90 Å². The summed E-state index contributed by atoms with van der Waals surface area (Å²) in [6.07, 6.45) is 1.69. The van der Waals surface area contributed by atoms with Gasteiger partial charge in [0.25, 0.3) is 5.91 Å². The van der Waals surface area contributed by atoms with E-state index in [1.807, 2.05) is 23.1 Å². The van der Waals surface area contributed by atoms with Crippen LogP contribution in [0, 0.1) is 0 Å². The number of amides is 1. The molecule has 1 amide bonds. The van der Waals surface area contributed by atoms with Crippen molar-refractivity contribution in [3.05, 3.63) is 75.1 Å². The van der Waals surface area contributed by atoms with Crippen molar-refractivity contribution in [3.63, 3.8) is 0 Å². The molecule has 0 aromatic heterocycles. The third-order valence-electron chi connectivity index (χ3n) is 5.96. The van der Waals surface area contributed by atoms with Crippen molar-refractivity contribution in [1.29, 1.82) is 0 Å². The second kappa shape index (κ2) is 10.5. The van der Waals surface area contributed by atoms with Crippen LogP contribution in [0.15, 0.2) is 53.4 Å². The fourth-order valence-corrected chi connectivity index (χ4v) is 5.78. The summed E-state index contributed by atoms with van der Waals surface area (Å²) in [6.45, 7) is 3.71. The highest BCUT2D eigenvalue weighted by Gasteiger charge is 2.37. The van der Waals surface area contributed by atoms with E-state index in [1.54, 1.807) is 18.2 Å². The molecule has 0 spiro atoms. The van der Waals surface area contributed by atoms with E-state index in [4.69, 9.17) is 11.6 Å². The zero-order valence-corrected chi connectivity index (χ0v) is 19.7. The first kappa shape index (κ1) is 24.2. The first-order valence-corrected chi connectivity index (χ1v) is 12.4. The van der Waals surface area contributed by atoms with Gasteiger partial charge in [-0.15, -0.1) is 0 Å². The van der Waals surface area contributed by atoms with Gasteiger partial charge < -0.3 is 9.80 Å². The van der Waals surface area contributed by atoms with Crippen LogP contribution in [0.3, 0.4) is 0 Å². The largest absolute Gasteiger partial charge is 0.416 e. The molecule has 2 heterocycles. The van der Waals surface area contributed by atoms with Gasteiger partial charge in [0.15, 0.2) is 0 Å². The molecule has 0 radical (unpaired) electrons. The number of carbonyl (C=O) groups is 1. The molecule has 8 heteroatoms. The molecule has 0 saturated carbocycles. The molecular formula is C25H26ClF3N2OS. The van der Waals surface area contributed by atoms with Crippen LogP contribution in [-0.2, 0) is 11.0 Å². The maximum Gasteiger partial charge on any atom is 0.416 e. The zero-order chi connectivity index (χ0) is 23.4. The molecule has 2 aromatic carbocycles. The number of thioether (sulfide) groups is 1. The summed E-state index contributed by atoms with van der Waals surface area (Å²) in [4.78, 5) is 18.0. The van der Waals surface area contributed by atoms with E-state index in [-0.39, 0.29) is 11.3 Å². The molecule has 0 aliphatic carbocycles. The van der Waals surface area contributed by atoms with Gasteiger partial charge in [-0.25, -0.2) is 0 Å². The summed E-state index contributed by atoms with van der Waals surface area (Å²) < 4.78 is 39.4. The fourth-order valence-electron chi connectivity index (χ4n) is 4.31. The molecule has 33 heavy (non-hydrogen) atoms. The Labute approximate surface area is 201 Å². The lowest BCUT2D eigenvalue weighted by Crippen LogP contribution is -2.34. The van der Waals surface area contributed by atoms with Crippen molar-refractivity contribution in [2.75, 3.05) is 26.2 Å². The molecule has 0 N–H and O–H groups in total. The van der Waals surface area contributed by atoms with Crippen molar-refractivity contribution < 1.29 is 18.0 Å². The van der Waals surface area contributed by atoms with E-state index in [0.29, 0.717) is 22.0 Å².